The predicted molar refractivity (Wildman–Crippen MR) is 84.7 cm³/mol. The molecule has 0 spiro atoms. The molecule has 0 aromatic carbocycles. The van der Waals surface area contributed by atoms with Crippen molar-refractivity contribution in [1.29, 1.82) is 0 Å². The average Bonchev–Trinajstić information content (AvgIpc) is 2.82. The number of esters is 2. The molecule has 0 amide bonds. The minimum absolute atomic E-state index is 0.112. The molecule has 1 aliphatic heterocycles. The number of hydrogen-bond donors (Lipinski definition) is 1. The standard InChI is InChI=1S/C14H18N2O7S/c1-7(17)21-6-9-11(22-8(2)18)12(24-3)13(23-9)16-5-4-10(19)15-14(16)20/h4-5,9,11-13H,6H2,1-3H3,(H,15,19,20)/t9-,11-,12-,13-/m1/s1. The number of nitrogens with zero attached hydrogens (tertiary/aromatic N) is 1. The molecule has 0 aliphatic carbocycles. The molecule has 0 bridgehead atoms. The van der Waals surface area contributed by atoms with Crippen LogP contribution in [0.4, 0.5) is 0 Å². The zero-order chi connectivity index (χ0) is 17.9. The van der Waals surface area contributed by atoms with Crippen LogP contribution in [0.5, 0.6) is 0 Å². The molecule has 1 fully saturated rings. The van der Waals surface area contributed by atoms with E-state index in [1.165, 1.54) is 42.4 Å². The van der Waals surface area contributed by atoms with Gasteiger partial charge in [-0.05, 0) is 6.26 Å². The second-order valence-corrected chi connectivity index (χ2v) is 6.18. The van der Waals surface area contributed by atoms with E-state index >= 15 is 0 Å². The molecule has 24 heavy (non-hydrogen) atoms. The fourth-order valence-electron chi connectivity index (χ4n) is 2.48. The van der Waals surface area contributed by atoms with Crippen molar-refractivity contribution in [2.45, 2.75) is 37.5 Å². The third-order valence-corrected chi connectivity index (χ3v) is 4.48. The summed E-state index contributed by atoms with van der Waals surface area (Å²) in [5.74, 6) is -1.00. The molecule has 132 valence electrons. The lowest BCUT2D eigenvalue weighted by molar-refractivity contribution is -0.155. The Morgan fingerprint density at radius 1 is 1.33 bits per heavy atom. The summed E-state index contributed by atoms with van der Waals surface area (Å²) in [6.07, 6.45) is 0.880. The molecule has 0 radical (unpaired) electrons. The molecule has 0 saturated carbocycles. The highest BCUT2D eigenvalue weighted by molar-refractivity contribution is 7.99. The van der Waals surface area contributed by atoms with E-state index in [0.29, 0.717) is 0 Å². The van der Waals surface area contributed by atoms with E-state index < -0.39 is 46.9 Å². The Bertz CT molecular complexity index is 728. The normalized spacial score (nSPS) is 26.1. The van der Waals surface area contributed by atoms with Crippen molar-refractivity contribution in [3.8, 4) is 0 Å². The molecule has 1 N–H and O–H groups in total. The van der Waals surface area contributed by atoms with Crippen LogP contribution < -0.4 is 11.2 Å². The number of ether oxygens (including phenoxy) is 3. The van der Waals surface area contributed by atoms with E-state index in [4.69, 9.17) is 14.2 Å². The van der Waals surface area contributed by atoms with Gasteiger partial charge in [-0.2, -0.15) is 11.8 Å². The molecule has 1 aromatic rings. The Balaban J connectivity index is 2.34. The van der Waals surface area contributed by atoms with Gasteiger partial charge in [-0.3, -0.25) is 23.9 Å². The van der Waals surface area contributed by atoms with E-state index in [-0.39, 0.29) is 6.61 Å². The monoisotopic (exact) mass is 358 g/mol. The van der Waals surface area contributed by atoms with Gasteiger partial charge in [0.15, 0.2) is 6.23 Å². The average molecular weight is 358 g/mol. The fourth-order valence-corrected chi connectivity index (χ4v) is 3.41. The maximum atomic E-state index is 12.0. The van der Waals surface area contributed by atoms with E-state index in [1.54, 1.807) is 6.26 Å². The van der Waals surface area contributed by atoms with Crippen molar-refractivity contribution in [3.63, 3.8) is 0 Å². The summed E-state index contributed by atoms with van der Waals surface area (Å²) in [4.78, 5) is 47.8. The third kappa shape index (κ3) is 4.06. The summed E-state index contributed by atoms with van der Waals surface area (Å²) in [5, 5.41) is -0.418. The smallest absolute Gasteiger partial charge is 0.330 e. The number of H-pyrrole nitrogens is 1. The molecule has 4 atom stereocenters. The van der Waals surface area contributed by atoms with Gasteiger partial charge in [-0.25, -0.2) is 4.79 Å². The quantitative estimate of drug-likeness (QED) is 0.711. The van der Waals surface area contributed by atoms with E-state index in [1.807, 2.05) is 0 Å². The first-order valence-corrected chi connectivity index (χ1v) is 8.42. The summed E-state index contributed by atoms with van der Waals surface area (Å²) < 4.78 is 17.3. The Morgan fingerprint density at radius 3 is 2.58 bits per heavy atom. The van der Waals surface area contributed by atoms with Crippen LogP contribution in [-0.2, 0) is 23.8 Å². The summed E-state index contributed by atoms with van der Waals surface area (Å²) in [6.45, 7) is 2.41. The van der Waals surface area contributed by atoms with Gasteiger partial charge in [0.2, 0.25) is 0 Å². The molecule has 9 nitrogen and oxygen atoms in total. The number of carbonyl (C=O) groups is 2. The minimum atomic E-state index is -0.783. The van der Waals surface area contributed by atoms with Crippen LogP contribution in [0, 0.1) is 0 Å². The molecule has 2 rings (SSSR count). The van der Waals surface area contributed by atoms with Crippen LogP contribution in [0.1, 0.15) is 20.1 Å². The lowest BCUT2D eigenvalue weighted by atomic mass is 10.1. The van der Waals surface area contributed by atoms with Crippen LogP contribution in [0.2, 0.25) is 0 Å². The van der Waals surface area contributed by atoms with Crippen LogP contribution in [0.25, 0.3) is 0 Å². The van der Waals surface area contributed by atoms with Gasteiger partial charge < -0.3 is 14.2 Å². The van der Waals surface area contributed by atoms with Crippen LogP contribution in [0.3, 0.4) is 0 Å². The van der Waals surface area contributed by atoms with Crippen molar-refractivity contribution in [3.05, 3.63) is 33.1 Å². The highest BCUT2D eigenvalue weighted by atomic mass is 32.2. The molecule has 0 unspecified atom stereocenters. The van der Waals surface area contributed by atoms with E-state index in [9.17, 15) is 19.2 Å². The van der Waals surface area contributed by atoms with Crippen molar-refractivity contribution < 1.29 is 23.8 Å². The van der Waals surface area contributed by atoms with Crippen molar-refractivity contribution in [1.82, 2.24) is 9.55 Å². The topological polar surface area (TPSA) is 117 Å². The number of hydrogen-bond acceptors (Lipinski definition) is 8. The summed E-state index contributed by atoms with van der Waals surface area (Å²) in [5.41, 5.74) is -1.16. The maximum absolute atomic E-state index is 12.0. The highest BCUT2D eigenvalue weighted by Crippen LogP contribution is 2.37. The Kier molecular flexibility index (Phi) is 5.84. The number of aromatic nitrogens is 2. The number of aromatic amines is 1. The van der Waals surface area contributed by atoms with Crippen LogP contribution in [-0.4, -0.2) is 51.8 Å². The lowest BCUT2D eigenvalue weighted by Gasteiger charge is -2.22. The number of thioether (sulfide) groups is 1. The minimum Gasteiger partial charge on any atom is -0.463 e. The van der Waals surface area contributed by atoms with Crippen molar-refractivity contribution >= 4 is 23.7 Å². The van der Waals surface area contributed by atoms with Gasteiger partial charge in [0.25, 0.3) is 5.56 Å². The fraction of sp³-hybridized carbons (Fsp3) is 0.571. The van der Waals surface area contributed by atoms with Gasteiger partial charge in [0, 0.05) is 26.1 Å². The van der Waals surface area contributed by atoms with E-state index in [0.717, 1.165) is 0 Å². The SMILES string of the molecule is CS[C@@H]1[C@H](OC(C)=O)[C@@H](COC(C)=O)O[C@H]1n1ccc(=O)[nH]c1=O. The molecule has 2 heterocycles. The van der Waals surface area contributed by atoms with Gasteiger partial charge in [-0.1, -0.05) is 0 Å². The summed E-state index contributed by atoms with van der Waals surface area (Å²) in [7, 11) is 0. The number of carbonyl (C=O) groups excluding carboxylic acids is 2. The van der Waals surface area contributed by atoms with Crippen molar-refractivity contribution in [2.75, 3.05) is 12.9 Å². The van der Waals surface area contributed by atoms with Gasteiger partial charge in [0.1, 0.15) is 18.8 Å². The first kappa shape index (κ1) is 18.3. The number of rotatable bonds is 5. The zero-order valence-corrected chi connectivity index (χ0v) is 14.2. The van der Waals surface area contributed by atoms with Gasteiger partial charge >= 0.3 is 17.6 Å². The number of nitrogens with one attached hydrogen (secondary N) is 1. The second kappa shape index (κ2) is 7.67. The molecule has 10 heteroatoms. The molecule has 1 aliphatic rings. The molecule has 1 saturated heterocycles. The van der Waals surface area contributed by atoms with Crippen molar-refractivity contribution in [2.24, 2.45) is 0 Å². The predicted octanol–water partition coefficient (Wildman–Crippen LogP) is -0.340. The second-order valence-electron chi connectivity index (χ2n) is 5.16. The van der Waals surface area contributed by atoms with Gasteiger partial charge in [0.05, 0.1) is 5.25 Å². The molecular formula is C14H18N2O7S. The summed E-state index contributed by atoms with van der Waals surface area (Å²) >= 11 is 1.34. The third-order valence-electron chi connectivity index (χ3n) is 3.44. The largest absolute Gasteiger partial charge is 0.463 e. The Morgan fingerprint density at radius 2 is 2.04 bits per heavy atom. The molecule has 1 aromatic heterocycles. The first-order valence-electron chi connectivity index (χ1n) is 7.13. The van der Waals surface area contributed by atoms with Crippen LogP contribution in [0.15, 0.2) is 21.9 Å². The van der Waals surface area contributed by atoms with Crippen LogP contribution >= 0.6 is 11.8 Å². The Labute approximate surface area is 141 Å². The first-order chi connectivity index (χ1) is 11.3. The molecular weight excluding hydrogens is 340 g/mol. The Hall–Kier alpha value is -2.07. The zero-order valence-electron chi connectivity index (χ0n) is 13.4. The van der Waals surface area contributed by atoms with Gasteiger partial charge in [-0.15, -0.1) is 0 Å². The highest BCUT2D eigenvalue weighted by Gasteiger charge is 2.48. The summed E-state index contributed by atoms with van der Waals surface area (Å²) in [6, 6.07) is 1.20. The maximum Gasteiger partial charge on any atom is 0.330 e. The van der Waals surface area contributed by atoms with E-state index in [2.05, 4.69) is 4.98 Å². The lowest BCUT2D eigenvalue weighted by Crippen LogP contribution is -2.38.